The van der Waals surface area contributed by atoms with E-state index in [0.717, 1.165) is 58.4 Å². The highest BCUT2D eigenvalue weighted by Crippen LogP contribution is 2.18. The van der Waals surface area contributed by atoms with Gasteiger partial charge < -0.3 is 9.80 Å². The number of hydrogen-bond donors (Lipinski definition) is 1. The van der Waals surface area contributed by atoms with Crippen LogP contribution in [0.15, 0.2) is 0 Å². The second-order valence-corrected chi connectivity index (χ2v) is 6.21. The SMILES string of the molecule is CCCNC(C#N)(CC)CCCN1CCN(C)C(C)C1. The topological polar surface area (TPSA) is 42.3 Å². The molecule has 0 saturated carbocycles. The highest BCUT2D eigenvalue weighted by atomic mass is 15.3. The van der Waals surface area contributed by atoms with Crippen molar-refractivity contribution < 1.29 is 0 Å². The monoisotopic (exact) mass is 280 g/mol. The van der Waals surface area contributed by atoms with E-state index in [1.165, 1.54) is 0 Å². The van der Waals surface area contributed by atoms with Gasteiger partial charge in [0.25, 0.3) is 0 Å². The first-order chi connectivity index (χ1) is 9.56. The lowest BCUT2D eigenvalue weighted by Crippen LogP contribution is -2.50. The fourth-order valence-electron chi connectivity index (χ4n) is 2.86. The summed E-state index contributed by atoms with van der Waals surface area (Å²) in [5.41, 5.74) is -0.311. The van der Waals surface area contributed by atoms with Crippen LogP contribution in [0.4, 0.5) is 0 Å². The zero-order valence-electron chi connectivity index (χ0n) is 13.8. The summed E-state index contributed by atoms with van der Waals surface area (Å²) >= 11 is 0. The lowest BCUT2D eigenvalue weighted by atomic mass is 9.91. The molecule has 0 amide bonds. The van der Waals surface area contributed by atoms with Crippen LogP contribution < -0.4 is 5.32 Å². The van der Waals surface area contributed by atoms with E-state index in [9.17, 15) is 5.26 Å². The third-order valence-electron chi connectivity index (χ3n) is 4.65. The van der Waals surface area contributed by atoms with Crippen molar-refractivity contribution in [1.82, 2.24) is 15.1 Å². The Morgan fingerprint density at radius 2 is 2.10 bits per heavy atom. The normalized spacial score (nSPS) is 24.2. The Bertz CT molecular complexity index is 312. The molecule has 4 heteroatoms. The summed E-state index contributed by atoms with van der Waals surface area (Å²) in [5.74, 6) is 0. The molecule has 1 N–H and O–H groups in total. The molecule has 116 valence electrons. The van der Waals surface area contributed by atoms with Crippen LogP contribution in [-0.4, -0.2) is 61.2 Å². The zero-order chi connectivity index (χ0) is 15.0. The van der Waals surface area contributed by atoms with Crippen molar-refractivity contribution in [3.05, 3.63) is 0 Å². The Hall–Kier alpha value is -0.630. The molecule has 0 aromatic heterocycles. The summed E-state index contributed by atoms with van der Waals surface area (Å²) in [4.78, 5) is 4.97. The number of piperazine rings is 1. The summed E-state index contributed by atoms with van der Waals surface area (Å²) in [5, 5.41) is 12.9. The standard InChI is InChI=1S/C16H32N4/c1-5-9-18-16(6-2,14-17)8-7-10-20-12-11-19(4)15(3)13-20/h15,18H,5-13H2,1-4H3. The smallest absolute Gasteiger partial charge is 0.106 e. The van der Waals surface area contributed by atoms with Gasteiger partial charge in [-0.2, -0.15) is 5.26 Å². The van der Waals surface area contributed by atoms with Crippen LogP contribution >= 0.6 is 0 Å². The summed E-state index contributed by atoms with van der Waals surface area (Å²) in [6, 6.07) is 3.16. The van der Waals surface area contributed by atoms with Gasteiger partial charge in [0, 0.05) is 25.7 Å². The molecule has 20 heavy (non-hydrogen) atoms. The molecule has 0 bridgehead atoms. The van der Waals surface area contributed by atoms with E-state index in [2.05, 4.69) is 49.0 Å². The summed E-state index contributed by atoms with van der Waals surface area (Å²) < 4.78 is 0. The molecule has 1 aliphatic heterocycles. The summed E-state index contributed by atoms with van der Waals surface area (Å²) in [6.07, 6.45) is 4.04. The Morgan fingerprint density at radius 3 is 2.65 bits per heavy atom. The van der Waals surface area contributed by atoms with Gasteiger partial charge in [0.15, 0.2) is 0 Å². The fraction of sp³-hybridized carbons (Fsp3) is 0.938. The van der Waals surface area contributed by atoms with Gasteiger partial charge in [-0.1, -0.05) is 13.8 Å². The van der Waals surface area contributed by atoms with Gasteiger partial charge in [0.1, 0.15) is 5.54 Å². The minimum Gasteiger partial charge on any atom is -0.301 e. The third-order valence-corrected chi connectivity index (χ3v) is 4.65. The predicted molar refractivity (Wildman–Crippen MR) is 84.7 cm³/mol. The first-order valence-electron chi connectivity index (χ1n) is 8.15. The molecular weight excluding hydrogens is 248 g/mol. The first-order valence-corrected chi connectivity index (χ1v) is 8.15. The third kappa shape index (κ3) is 5.05. The number of hydrogen-bond acceptors (Lipinski definition) is 4. The van der Waals surface area contributed by atoms with Gasteiger partial charge in [0.05, 0.1) is 6.07 Å². The van der Waals surface area contributed by atoms with Crippen molar-refractivity contribution in [2.75, 3.05) is 39.8 Å². The second-order valence-electron chi connectivity index (χ2n) is 6.21. The average molecular weight is 280 g/mol. The number of nitrogens with zero attached hydrogens (tertiary/aromatic N) is 3. The van der Waals surface area contributed by atoms with Crippen LogP contribution in [0.2, 0.25) is 0 Å². The maximum absolute atomic E-state index is 9.48. The van der Waals surface area contributed by atoms with Gasteiger partial charge in [-0.3, -0.25) is 5.32 Å². The molecule has 2 unspecified atom stereocenters. The van der Waals surface area contributed by atoms with Crippen molar-refractivity contribution in [3.8, 4) is 6.07 Å². The lowest BCUT2D eigenvalue weighted by molar-refractivity contribution is 0.102. The molecule has 0 aromatic rings. The first kappa shape index (κ1) is 17.4. The van der Waals surface area contributed by atoms with Gasteiger partial charge in [-0.25, -0.2) is 0 Å². The van der Waals surface area contributed by atoms with Crippen LogP contribution in [0, 0.1) is 11.3 Å². The Labute approximate surface area is 125 Å². The maximum Gasteiger partial charge on any atom is 0.106 e. The molecule has 0 aromatic carbocycles. The Morgan fingerprint density at radius 1 is 1.35 bits per heavy atom. The molecular formula is C16H32N4. The molecule has 1 aliphatic rings. The predicted octanol–water partition coefficient (Wildman–Crippen LogP) is 2.07. The highest BCUT2D eigenvalue weighted by molar-refractivity contribution is 5.06. The molecule has 1 rings (SSSR count). The van der Waals surface area contributed by atoms with E-state index in [1.54, 1.807) is 0 Å². The maximum atomic E-state index is 9.48. The van der Waals surface area contributed by atoms with E-state index in [4.69, 9.17) is 0 Å². The summed E-state index contributed by atoms with van der Waals surface area (Å²) in [6.45, 7) is 12.1. The van der Waals surface area contributed by atoms with E-state index >= 15 is 0 Å². The molecule has 2 atom stereocenters. The van der Waals surface area contributed by atoms with Crippen LogP contribution in [0.5, 0.6) is 0 Å². The number of nitrogens with one attached hydrogen (secondary N) is 1. The molecule has 0 spiro atoms. The minimum absolute atomic E-state index is 0.311. The van der Waals surface area contributed by atoms with E-state index in [-0.39, 0.29) is 5.54 Å². The van der Waals surface area contributed by atoms with E-state index in [0.29, 0.717) is 6.04 Å². The van der Waals surface area contributed by atoms with Gasteiger partial charge >= 0.3 is 0 Å². The molecule has 1 saturated heterocycles. The van der Waals surface area contributed by atoms with E-state index < -0.39 is 0 Å². The van der Waals surface area contributed by atoms with Gasteiger partial charge in [-0.15, -0.1) is 0 Å². The second kappa shape index (κ2) is 8.61. The highest BCUT2D eigenvalue weighted by Gasteiger charge is 2.27. The Kier molecular flexibility index (Phi) is 7.50. The van der Waals surface area contributed by atoms with Crippen molar-refractivity contribution in [2.24, 2.45) is 0 Å². The van der Waals surface area contributed by atoms with Crippen molar-refractivity contribution in [1.29, 1.82) is 5.26 Å². The quantitative estimate of drug-likeness (QED) is 0.739. The summed E-state index contributed by atoms with van der Waals surface area (Å²) in [7, 11) is 2.20. The molecule has 1 heterocycles. The molecule has 0 aliphatic carbocycles. The van der Waals surface area contributed by atoms with Crippen LogP contribution in [0.3, 0.4) is 0 Å². The average Bonchev–Trinajstić information content (AvgIpc) is 2.47. The van der Waals surface area contributed by atoms with Crippen LogP contribution in [-0.2, 0) is 0 Å². The molecule has 0 radical (unpaired) electrons. The number of rotatable bonds is 8. The van der Waals surface area contributed by atoms with Crippen molar-refractivity contribution in [2.45, 2.75) is 58.0 Å². The Balaban J connectivity index is 2.35. The lowest BCUT2D eigenvalue weighted by Gasteiger charge is -2.38. The van der Waals surface area contributed by atoms with E-state index in [1.807, 2.05) is 0 Å². The fourth-order valence-corrected chi connectivity index (χ4v) is 2.86. The number of likely N-dealkylation sites (N-methyl/N-ethyl adjacent to an activating group) is 1. The van der Waals surface area contributed by atoms with Crippen molar-refractivity contribution >= 4 is 0 Å². The zero-order valence-corrected chi connectivity index (χ0v) is 13.8. The minimum atomic E-state index is -0.311. The largest absolute Gasteiger partial charge is 0.301 e. The molecule has 1 fully saturated rings. The van der Waals surface area contributed by atoms with Gasteiger partial charge in [0.2, 0.25) is 0 Å². The van der Waals surface area contributed by atoms with Crippen LogP contribution in [0.1, 0.15) is 46.5 Å². The van der Waals surface area contributed by atoms with Crippen LogP contribution in [0.25, 0.3) is 0 Å². The molecule has 4 nitrogen and oxygen atoms in total. The van der Waals surface area contributed by atoms with Gasteiger partial charge in [-0.05, 0) is 52.7 Å². The number of nitriles is 1. The van der Waals surface area contributed by atoms with Crippen molar-refractivity contribution in [3.63, 3.8) is 0 Å².